The van der Waals surface area contributed by atoms with E-state index in [0.29, 0.717) is 0 Å². The van der Waals surface area contributed by atoms with Gasteiger partial charge in [-0.15, -0.1) is 0 Å². The lowest BCUT2D eigenvalue weighted by Gasteiger charge is -2.08. The van der Waals surface area contributed by atoms with Crippen molar-refractivity contribution < 1.29 is 0 Å². The van der Waals surface area contributed by atoms with Crippen LogP contribution >= 0.6 is 0 Å². The van der Waals surface area contributed by atoms with Gasteiger partial charge in [-0.2, -0.15) is 5.10 Å². The molecule has 0 aliphatic carbocycles. The lowest BCUT2D eigenvalue weighted by molar-refractivity contribution is 0.663. The number of rotatable bonds is 6. The van der Waals surface area contributed by atoms with Gasteiger partial charge >= 0.3 is 0 Å². The molecule has 108 valence electrons. The zero-order valence-corrected chi connectivity index (χ0v) is 12.9. The molecule has 0 spiro atoms. The first kappa shape index (κ1) is 14.7. The summed E-state index contributed by atoms with van der Waals surface area (Å²) in [5.74, 6) is 0. The summed E-state index contributed by atoms with van der Waals surface area (Å²) in [5, 5.41) is 8.04. The summed E-state index contributed by atoms with van der Waals surface area (Å²) < 4.78 is 2.03. The average molecular weight is 272 g/mol. The first-order chi connectivity index (χ1) is 9.67. The standard InChI is InChI=1S/C16H24N4/c1-5-8-17-11-14-10-15(7-9-18-14)20-13(4)16(6-2)12(3)19-20/h7,9-10,17H,5-6,8,11H2,1-4H3. The van der Waals surface area contributed by atoms with Crippen molar-refractivity contribution in [2.75, 3.05) is 6.54 Å². The Balaban J connectivity index is 2.27. The molecule has 20 heavy (non-hydrogen) atoms. The summed E-state index contributed by atoms with van der Waals surface area (Å²) in [6.07, 6.45) is 4.02. The van der Waals surface area contributed by atoms with Crippen LogP contribution in [-0.4, -0.2) is 21.3 Å². The van der Waals surface area contributed by atoms with Gasteiger partial charge in [-0.05, 0) is 50.9 Å². The molecule has 0 amide bonds. The van der Waals surface area contributed by atoms with E-state index in [9.17, 15) is 0 Å². The van der Waals surface area contributed by atoms with Crippen molar-refractivity contribution in [1.82, 2.24) is 20.1 Å². The second-order valence-electron chi connectivity index (χ2n) is 5.10. The van der Waals surface area contributed by atoms with Crippen LogP contribution in [0, 0.1) is 13.8 Å². The molecule has 4 nitrogen and oxygen atoms in total. The van der Waals surface area contributed by atoms with Crippen LogP contribution in [0.2, 0.25) is 0 Å². The molecule has 0 aliphatic heterocycles. The Hall–Kier alpha value is -1.68. The van der Waals surface area contributed by atoms with Crippen molar-refractivity contribution >= 4 is 0 Å². The van der Waals surface area contributed by atoms with Crippen LogP contribution in [0.4, 0.5) is 0 Å². The van der Waals surface area contributed by atoms with E-state index >= 15 is 0 Å². The van der Waals surface area contributed by atoms with Crippen molar-refractivity contribution in [1.29, 1.82) is 0 Å². The van der Waals surface area contributed by atoms with Crippen LogP contribution in [0.5, 0.6) is 0 Å². The van der Waals surface area contributed by atoms with Crippen molar-refractivity contribution in [3.05, 3.63) is 41.0 Å². The predicted molar refractivity (Wildman–Crippen MR) is 82.2 cm³/mol. The third kappa shape index (κ3) is 3.07. The molecule has 0 atom stereocenters. The maximum Gasteiger partial charge on any atom is 0.0682 e. The highest BCUT2D eigenvalue weighted by molar-refractivity contribution is 5.37. The van der Waals surface area contributed by atoms with Crippen LogP contribution in [-0.2, 0) is 13.0 Å². The molecule has 0 saturated carbocycles. The van der Waals surface area contributed by atoms with E-state index in [0.717, 1.165) is 43.0 Å². The van der Waals surface area contributed by atoms with Crippen LogP contribution in [0.3, 0.4) is 0 Å². The van der Waals surface area contributed by atoms with E-state index in [2.05, 4.69) is 49.2 Å². The first-order valence-electron chi connectivity index (χ1n) is 7.38. The van der Waals surface area contributed by atoms with E-state index in [4.69, 9.17) is 0 Å². The van der Waals surface area contributed by atoms with Gasteiger partial charge in [-0.3, -0.25) is 4.98 Å². The van der Waals surface area contributed by atoms with Crippen molar-refractivity contribution in [3.63, 3.8) is 0 Å². The summed E-state index contributed by atoms with van der Waals surface area (Å²) >= 11 is 0. The topological polar surface area (TPSA) is 42.7 Å². The molecular weight excluding hydrogens is 248 g/mol. The van der Waals surface area contributed by atoms with E-state index in [1.165, 1.54) is 11.3 Å². The second-order valence-corrected chi connectivity index (χ2v) is 5.10. The summed E-state index contributed by atoms with van der Waals surface area (Å²) in [4.78, 5) is 4.41. The number of hydrogen-bond acceptors (Lipinski definition) is 3. The van der Waals surface area contributed by atoms with Gasteiger partial charge in [0.15, 0.2) is 0 Å². The normalized spacial score (nSPS) is 11.0. The third-order valence-electron chi connectivity index (χ3n) is 3.57. The van der Waals surface area contributed by atoms with Crippen LogP contribution < -0.4 is 5.32 Å². The highest BCUT2D eigenvalue weighted by Crippen LogP contribution is 2.18. The summed E-state index contributed by atoms with van der Waals surface area (Å²) in [5.41, 5.74) is 5.83. The molecule has 0 unspecified atom stereocenters. The monoisotopic (exact) mass is 272 g/mol. The molecule has 0 fully saturated rings. The predicted octanol–water partition coefficient (Wildman–Crippen LogP) is 2.95. The zero-order chi connectivity index (χ0) is 14.5. The van der Waals surface area contributed by atoms with E-state index < -0.39 is 0 Å². The Morgan fingerprint density at radius 1 is 1.25 bits per heavy atom. The summed E-state index contributed by atoms with van der Waals surface area (Å²) in [6, 6.07) is 4.13. The lowest BCUT2D eigenvalue weighted by Crippen LogP contribution is -2.15. The highest BCUT2D eigenvalue weighted by atomic mass is 15.3. The lowest BCUT2D eigenvalue weighted by atomic mass is 10.1. The van der Waals surface area contributed by atoms with Crippen LogP contribution in [0.15, 0.2) is 18.3 Å². The molecule has 2 aromatic rings. The molecule has 0 aromatic carbocycles. The van der Waals surface area contributed by atoms with Crippen molar-refractivity contribution in [3.8, 4) is 5.69 Å². The van der Waals surface area contributed by atoms with Crippen LogP contribution in [0.1, 0.15) is 42.9 Å². The Kier molecular flexibility index (Phi) is 4.90. The van der Waals surface area contributed by atoms with Gasteiger partial charge in [0.25, 0.3) is 0 Å². The average Bonchev–Trinajstić information content (AvgIpc) is 2.74. The fraction of sp³-hybridized carbons (Fsp3) is 0.500. The number of nitrogens with zero attached hydrogens (tertiary/aromatic N) is 3. The summed E-state index contributed by atoms with van der Waals surface area (Å²) in [7, 11) is 0. The maximum absolute atomic E-state index is 4.66. The molecule has 0 aliphatic rings. The van der Waals surface area contributed by atoms with Gasteiger partial charge in [0, 0.05) is 18.4 Å². The van der Waals surface area contributed by atoms with Gasteiger partial charge in [0.05, 0.1) is 17.1 Å². The minimum atomic E-state index is 0.807. The molecule has 0 saturated heterocycles. The smallest absolute Gasteiger partial charge is 0.0682 e. The molecule has 2 aromatic heterocycles. The number of aryl methyl sites for hydroxylation is 1. The number of pyridine rings is 1. The number of nitrogens with one attached hydrogen (secondary N) is 1. The molecule has 1 N–H and O–H groups in total. The van der Waals surface area contributed by atoms with E-state index in [1.807, 2.05) is 16.9 Å². The molecular formula is C16H24N4. The Morgan fingerprint density at radius 3 is 2.70 bits per heavy atom. The largest absolute Gasteiger partial charge is 0.311 e. The van der Waals surface area contributed by atoms with E-state index in [1.54, 1.807) is 0 Å². The fourth-order valence-corrected chi connectivity index (χ4v) is 2.53. The fourth-order valence-electron chi connectivity index (χ4n) is 2.53. The van der Waals surface area contributed by atoms with Gasteiger partial charge in [0.1, 0.15) is 0 Å². The Bertz CT molecular complexity index is 572. The molecule has 0 radical (unpaired) electrons. The maximum atomic E-state index is 4.66. The quantitative estimate of drug-likeness (QED) is 0.822. The third-order valence-corrected chi connectivity index (χ3v) is 3.57. The van der Waals surface area contributed by atoms with Crippen molar-refractivity contribution in [2.45, 2.75) is 47.1 Å². The van der Waals surface area contributed by atoms with Gasteiger partial charge in [0.2, 0.25) is 0 Å². The minimum Gasteiger partial charge on any atom is -0.311 e. The van der Waals surface area contributed by atoms with Crippen molar-refractivity contribution in [2.24, 2.45) is 0 Å². The molecule has 2 rings (SSSR count). The first-order valence-corrected chi connectivity index (χ1v) is 7.38. The zero-order valence-electron chi connectivity index (χ0n) is 12.9. The van der Waals surface area contributed by atoms with Crippen LogP contribution in [0.25, 0.3) is 5.69 Å². The highest BCUT2D eigenvalue weighted by Gasteiger charge is 2.11. The Labute approximate surface area is 121 Å². The molecule has 0 bridgehead atoms. The SMILES string of the molecule is CCCNCc1cc(-n2nc(C)c(CC)c2C)ccn1. The number of hydrogen-bond donors (Lipinski definition) is 1. The van der Waals surface area contributed by atoms with Gasteiger partial charge < -0.3 is 5.32 Å². The number of aromatic nitrogens is 3. The van der Waals surface area contributed by atoms with E-state index in [-0.39, 0.29) is 0 Å². The minimum absolute atomic E-state index is 0.807. The molecule has 4 heteroatoms. The Morgan fingerprint density at radius 2 is 2.05 bits per heavy atom. The van der Waals surface area contributed by atoms with Gasteiger partial charge in [-0.1, -0.05) is 13.8 Å². The summed E-state index contributed by atoms with van der Waals surface area (Å²) in [6.45, 7) is 10.4. The van der Waals surface area contributed by atoms with Gasteiger partial charge in [-0.25, -0.2) is 4.68 Å². The second kappa shape index (κ2) is 6.66. The molecule has 2 heterocycles.